The van der Waals surface area contributed by atoms with Gasteiger partial charge in [0.2, 0.25) is 0 Å². The number of rotatable bonds is 3. The van der Waals surface area contributed by atoms with E-state index in [1.807, 2.05) is 11.9 Å². The van der Waals surface area contributed by atoms with Crippen LogP contribution in [0.3, 0.4) is 0 Å². The summed E-state index contributed by atoms with van der Waals surface area (Å²) in [6.07, 6.45) is 8.29. The fourth-order valence-corrected chi connectivity index (χ4v) is 4.99. The summed E-state index contributed by atoms with van der Waals surface area (Å²) in [5, 5.41) is 0.335. The summed E-state index contributed by atoms with van der Waals surface area (Å²) in [7, 11) is 1.93. The van der Waals surface area contributed by atoms with E-state index in [0.717, 1.165) is 37.1 Å². The SMILES string of the molecule is CN(CC1CC(Cl)C1)C(=O)c1cc2c(s1)CCCCC2. The molecule has 1 amide bonds. The highest BCUT2D eigenvalue weighted by Crippen LogP contribution is 2.33. The molecule has 1 aromatic rings. The first kappa shape index (κ1) is 14.4. The zero-order valence-corrected chi connectivity index (χ0v) is 13.6. The van der Waals surface area contributed by atoms with Crippen LogP contribution < -0.4 is 0 Å². The van der Waals surface area contributed by atoms with Gasteiger partial charge in [-0.2, -0.15) is 0 Å². The third-order valence-electron chi connectivity index (χ3n) is 4.51. The number of fused-ring (bicyclic) bond motifs is 1. The molecule has 4 heteroatoms. The number of alkyl halides is 1. The molecule has 2 aliphatic rings. The normalized spacial score (nSPS) is 25.5. The van der Waals surface area contributed by atoms with Crippen molar-refractivity contribution in [1.82, 2.24) is 4.90 Å². The molecule has 1 saturated carbocycles. The molecule has 1 heterocycles. The van der Waals surface area contributed by atoms with Gasteiger partial charge in [0, 0.05) is 23.8 Å². The van der Waals surface area contributed by atoms with Crippen LogP contribution in [-0.4, -0.2) is 29.8 Å². The van der Waals surface area contributed by atoms with Gasteiger partial charge in [0.1, 0.15) is 0 Å². The standard InChI is InChI=1S/C16H22ClNOS/c1-18(10-11-7-13(17)8-11)16(19)15-9-12-5-3-2-4-6-14(12)20-15/h9,11,13H,2-8,10H2,1H3. The lowest BCUT2D eigenvalue weighted by Crippen LogP contribution is -2.37. The minimum atomic E-state index is 0.195. The Bertz CT molecular complexity index is 469. The van der Waals surface area contributed by atoms with Crippen molar-refractivity contribution in [1.29, 1.82) is 0 Å². The van der Waals surface area contributed by atoms with E-state index < -0.39 is 0 Å². The summed E-state index contributed by atoms with van der Waals surface area (Å²) in [4.78, 5) is 16.8. The third-order valence-corrected chi connectivity index (χ3v) is 6.10. The number of thiophene rings is 1. The van der Waals surface area contributed by atoms with Crippen molar-refractivity contribution in [2.45, 2.75) is 50.3 Å². The first-order valence-corrected chi connectivity index (χ1v) is 8.90. The Hall–Kier alpha value is -0.540. The average Bonchev–Trinajstić information content (AvgIpc) is 2.67. The van der Waals surface area contributed by atoms with E-state index in [4.69, 9.17) is 11.6 Å². The van der Waals surface area contributed by atoms with Gasteiger partial charge in [-0.3, -0.25) is 4.79 Å². The molecule has 0 N–H and O–H groups in total. The molecule has 110 valence electrons. The summed E-state index contributed by atoms with van der Waals surface area (Å²) in [6.45, 7) is 0.852. The zero-order valence-electron chi connectivity index (χ0n) is 12.0. The molecule has 0 radical (unpaired) electrons. The summed E-state index contributed by atoms with van der Waals surface area (Å²) >= 11 is 7.73. The Morgan fingerprint density at radius 2 is 2.10 bits per heavy atom. The number of aryl methyl sites for hydroxylation is 2. The molecule has 0 aromatic carbocycles. The Labute approximate surface area is 130 Å². The van der Waals surface area contributed by atoms with Crippen molar-refractivity contribution in [2.24, 2.45) is 5.92 Å². The second kappa shape index (κ2) is 6.07. The van der Waals surface area contributed by atoms with Crippen molar-refractivity contribution in [3.05, 3.63) is 21.4 Å². The van der Waals surface area contributed by atoms with E-state index in [2.05, 4.69) is 6.07 Å². The second-order valence-electron chi connectivity index (χ2n) is 6.24. The van der Waals surface area contributed by atoms with Crippen LogP contribution >= 0.6 is 22.9 Å². The molecule has 0 atom stereocenters. The molecule has 0 bridgehead atoms. The highest BCUT2D eigenvalue weighted by molar-refractivity contribution is 7.14. The molecular weight excluding hydrogens is 290 g/mol. The van der Waals surface area contributed by atoms with Crippen LogP contribution in [0, 0.1) is 5.92 Å². The molecule has 0 aliphatic heterocycles. The first-order valence-electron chi connectivity index (χ1n) is 7.64. The number of carbonyl (C=O) groups is 1. The smallest absolute Gasteiger partial charge is 0.263 e. The number of amides is 1. The van der Waals surface area contributed by atoms with Crippen LogP contribution in [0.2, 0.25) is 0 Å². The Morgan fingerprint density at radius 1 is 1.35 bits per heavy atom. The van der Waals surface area contributed by atoms with Crippen LogP contribution in [0.1, 0.15) is 52.2 Å². The van der Waals surface area contributed by atoms with E-state index >= 15 is 0 Å². The van der Waals surface area contributed by atoms with E-state index in [9.17, 15) is 4.79 Å². The fourth-order valence-electron chi connectivity index (χ4n) is 3.23. The Kier molecular flexibility index (Phi) is 4.37. The van der Waals surface area contributed by atoms with Crippen molar-refractivity contribution in [3.63, 3.8) is 0 Å². The lowest BCUT2D eigenvalue weighted by molar-refractivity contribution is 0.0751. The number of hydrogen-bond donors (Lipinski definition) is 0. The Balaban J connectivity index is 1.64. The quantitative estimate of drug-likeness (QED) is 0.608. The minimum Gasteiger partial charge on any atom is -0.341 e. The van der Waals surface area contributed by atoms with E-state index in [1.165, 1.54) is 29.7 Å². The van der Waals surface area contributed by atoms with Gasteiger partial charge in [0.05, 0.1) is 4.88 Å². The molecule has 2 aliphatic carbocycles. The predicted molar refractivity (Wildman–Crippen MR) is 84.9 cm³/mol. The number of hydrogen-bond acceptors (Lipinski definition) is 2. The second-order valence-corrected chi connectivity index (χ2v) is 7.99. The zero-order chi connectivity index (χ0) is 14.1. The van der Waals surface area contributed by atoms with Crippen LogP contribution in [0.5, 0.6) is 0 Å². The van der Waals surface area contributed by atoms with Gasteiger partial charge in [-0.1, -0.05) is 6.42 Å². The van der Waals surface area contributed by atoms with E-state index in [1.54, 1.807) is 11.3 Å². The van der Waals surface area contributed by atoms with E-state index in [-0.39, 0.29) is 5.91 Å². The number of nitrogens with zero attached hydrogens (tertiary/aromatic N) is 1. The summed E-state index contributed by atoms with van der Waals surface area (Å²) in [6, 6.07) is 2.15. The lowest BCUT2D eigenvalue weighted by atomic mass is 9.84. The topological polar surface area (TPSA) is 20.3 Å². The Morgan fingerprint density at radius 3 is 2.85 bits per heavy atom. The van der Waals surface area contributed by atoms with Gasteiger partial charge in [-0.15, -0.1) is 22.9 Å². The van der Waals surface area contributed by atoms with Gasteiger partial charge in [-0.25, -0.2) is 0 Å². The first-order chi connectivity index (χ1) is 9.63. The summed E-state index contributed by atoms with van der Waals surface area (Å²) < 4.78 is 0. The van der Waals surface area contributed by atoms with Crippen LogP contribution in [0.25, 0.3) is 0 Å². The molecule has 1 aromatic heterocycles. The molecule has 0 unspecified atom stereocenters. The van der Waals surface area contributed by atoms with E-state index in [0.29, 0.717) is 11.3 Å². The maximum atomic E-state index is 12.5. The van der Waals surface area contributed by atoms with Crippen molar-refractivity contribution < 1.29 is 4.79 Å². The largest absolute Gasteiger partial charge is 0.341 e. The fraction of sp³-hybridized carbons (Fsp3) is 0.688. The van der Waals surface area contributed by atoms with Crippen LogP contribution in [0.15, 0.2) is 6.07 Å². The molecule has 0 saturated heterocycles. The van der Waals surface area contributed by atoms with Gasteiger partial charge < -0.3 is 4.90 Å². The predicted octanol–water partition coefficient (Wildman–Crippen LogP) is 4.11. The third kappa shape index (κ3) is 3.04. The molecule has 2 nitrogen and oxygen atoms in total. The van der Waals surface area contributed by atoms with Gasteiger partial charge >= 0.3 is 0 Å². The number of halogens is 1. The summed E-state index contributed by atoms with van der Waals surface area (Å²) in [5.41, 5.74) is 1.42. The van der Waals surface area contributed by atoms with Crippen molar-refractivity contribution in [2.75, 3.05) is 13.6 Å². The molecule has 1 fully saturated rings. The minimum absolute atomic E-state index is 0.195. The van der Waals surface area contributed by atoms with Gasteiger partial charge in [-0.05, 0) is 56.1 Å². The maximum Gasteiger partial charge on any atom is 0.263 e. The van der Waals surface area contributed by atoms with Gasteiger partial charge in [0.25, 0.3) is 5.91 Å². The highest BCUT2D eigenvalue weighted by Gasteiger charge is 2.29. The van der Waals surface area contributed by atoms with Crippen LogP contribution in [-0.2, 0) is 12.8 Å². The monoisotopic (exact) mass is 311 g/mol. The van der Waals surface area contributed by atoms with Crippen LogP contribution in [0.4, 0.5) is 0 Å². The van der Waals surface area contributed by atoms with Crippen molar-refractivity contribution >= 4 is 28.8 Å². The molecular formula is C16H22ClNOS. The molecule has 0 spiro atoms. The highest BCUT2D eigenvalue weighted by atomic mass is 35.5. The van der Waals surface area contributed by atoms with Gasteiger partial charge in [0.15, 0.2) is 0 Å². The molecule has 20 heavy (non-hydrogen) atoms. The molecule has 3 rings (SSSR count). The maximum absolute atomic E-state index is 12.5. The summed E-state index contributed by atoms with van der Waals surface area (Å²) in [5.74, 6) is 0.797. The number of carbonyl (C=O) groups excluding carboxylic acids is 1. The lowest BCUT2D eigenvalue weighted by Gasteiger charge is -2.33. The average molecular weight is 312 g/mol. The van der Waals surface area contributed by atoms with Crippen molar-refractivity contribution in [3.8, 4) is 0 Å².